The molecule has 0 bridgehead atoms. The Morgan fingerprint density at radius 3 is 2.85 bits per heavy atom. The number of Topliss-reactive ketones (excluding diaryl/α,β-unsaturated/α-hetero) is 1. The van der Waals surface area contributed by atoms with Crippen LogP contribution < -0.4 is 0 Å². The molecule has 1 nitrogen and oxygen atoms in total. The number of fused-ring (bicyclic) bond motifs is 1. The minimum atomic E-state index is -0.0116. The summed E-state index contributed by atoms with van der Waals surface area (Å²) >= 11 is 0. The molecule has 0 radical (unpaired) electrons. The lowest BCUT2D eigenvalue weighted by Gasteiger charge is -2.29. The number of benzene rings is 1. The monoisotopic (exact) mass is 270 g/mol. The second-order valence-electron chi connectivity index (χ2n) is 7.17. The van der Waals surface area contributed by atoms with Gasteiger partial charge < -0.3 is 0 Å². The summed E-state index contributed by atoms with van der Waals surface area (Å²) in [4.78, 5) is 12.1. The van der Waals surface area contributed by atoms with Gasteiger partial charge in [0.1, 0.15) is 5.78 Å². The largest absolute Gasteiger partial charge is 0.299 e. The highest BCUT2D eigenvalue weighted by molar-refractivity contribution is 5.86. The Hall–Kier alpha value is -1.11. The topological polar surface area (TPSA) is 17.1 Å². The first-order valence-electron chi connectivity index (χ1n) is 8.21. The van der Waals surface area contributed by atoms with Crippen molar-refractivity contribution in [1.29, 1.82) is 0 Å². The number of hydrogen-bond donors (Lipinski definition) is 0. The third-order valence-electron chi connectivity index (χ3n) is 5.59. The van der Waals surface area contributed by atoms with E-state index in [1.165, 1.54) is 31.2 Å². The molecule has 0 heterocycles. The van der Waals surface area contributed by atoms with E-state index < -0.39 is 0 Å². The predicted octanol–water partition coefficient (Wildman–Crippen LogP) is 4.95. The second-order valence-corrected chi connectivity index (χ2v) is 7.17. The SMILES string of the molecule is Cc1ccc2c(c1)CCCC2CCC1(C)CCCC1=O. The number of ketones is 1. The smallest absolute Gasteiger partial charge is 0.138 e. The van der Waals surface area contributed by atoms with Crippen molar-refractivity contribution in [3.8, 4) is 0 Å². The number of rotatable bonds is 3. The standard InChI is InChI=1S/C19H26O/c1-14-8-9-17-15(5-3-6-16(17)13-14)10-12-19(2)11-4-7-18(19)20/h8-9,13,15H,3-7,10-12H2,1-2H3. The van der Waals surface area contributed by atoms with Crippen molar-refractivity contribution in [2.24, 2.45) is 5.41 Å². The maximum absolute atomic E-state index is 12.1. The zero-order chi connectivity index (χ0) is 14.2. The Morgan fingerprint density at radius 1 is 1.25 bits per heavy atom. The lowest BCUT2D eigenvalue weighted by molar-refractivity contribution is -0.125. The van der Waals surface area contributed by atoms with Crippen molar-refractivity contribution >= 4 is 5.78 Å². The van der Waals surface area contributed by atoms with Gasteiger partial charge in [-0.3, -0.25) is 4.79 Å². The summed E-state index contributed by atoms with van der Waals surface area (Å²) < 4.78 is 0. The molecule has 20 heavy (non-hydrogen) atoms. The molecule has 2 unspecified atom stereocenters. The van der Waals surface area contributed by atoms with Crippen molar-refractivity contribution in [3.05, 3.63) is 34.9 Å². The van der Waals surface area contributed by atoms with E-state index in [-0.39, 0.29) is 5.41 Å². The highest BCUT2D eigenvalue weighted by atomic mass is 16.1. The molecule has 3 rings (SSSR count). The first-order valence-corrected chi connectivity index (χ1v) is 8.21. The average Bonchev–Trinajstić information content (AvgIpc) is 2.76. The molecule has 1 heteroatoms. The zero-order valence-corrected chi connectivity index (χ0v) is 12.9. The van der Waals surface area contributed by atoms with Gasteiger partial charge in [-0.25, -0.2) is 0 Å². The van der Waals surface area contributed by atoms with E-state index >= 15 is 0 Å². The van der Waals surface area contributed by atoms with Crippen LogP contribution in [0.25, 0.3) is 0 Å². The molecule has 0 aliphatic heterocycles. The molecule has 0 aromatic heterocycles. The van der Waals surface area contributed by atoms with Crippen molar-refractivity contribution < 1.29 is 4.79 Å². The predicted molar refractivity (Wildman–Crippen MR) is 83.1 cm³/mol. The van der Waals surface area contributed by atoms with Gasteiger partial charge in [0.15, 0.2) is 0 Å². The van der Waals surface area contributed by atoms with Gasteiger partial charge in [-0.1, -0.05) is 30.7 Å². The minimum absolute atomic E-state index is 0.0116. The molecule has 1 fully saturated rings. The Bertz CT molecular complexity index is 516. The van der Waals surface area contributed by atoms with Crippen LogP contribution in [0, 0.1) is 12.3 Å². The summed E-state index contributed by atoms with van der Waals surface area (Å²) in [6, 6.07) is 6.96. The summed E-state index contributed by atoms with van der Waals surface area (Å²) in [5.41, 5.74) is 4.49. The summed E-state index contributed by atoms with van der Waals surface area (Å²) in [5, 5.41) is 0. The number of hydrogen-bond acceptors (Lipinski definition) is 1. The van der Waals surface area contributed by atoms with Gasteiger partial charge in [0.2, 0.25) is 0 Å². The first-order chi connectivity index (χ1) is 9.58. The number of aryl methyl sites for hydroxylation is 2. The quantitative estimate of drug-likeness (QED) is 0.759. The van der Waals surface area contributed by atoms with Crippen molar-refractivity contribution in [2.45, 2.75) is 71.1 Å². The van der Waals surface area contributed by atoms with E-state index in [4.69, 9.17) is 0 Å². The van der Waals surface area contributed by atoms with Crippen LogP contribution in [0.3, 0.4) is 0 Å². The lowest BCUT2D eigenvalue weighted by atomic mass is 9.75. The normalized spacial score (nSPS) is 29.5. The molecule has 108 valence electrons. The average molecular weight is 270 g/mol. The van der Waals surface area contributed by atoms with Crippen LogP contribution in [0.2, 0.25) is 0 Å². The van der Waals surface area contributed by atoms with E-state index in [1.54, 1.807) is 11.1 Å². The molecule has 1 saturated carbocycles. The van der Waals surface area contributed by atoms with Gasteiger partial charge >= 0.3 is 0 Å². The lowest BCUT2D eigenvalue weighted by Crippen LogP contribution is -2.23. The third-order valence-corrected chi connectivity index (χ3v) is 5.59. The Morgan fingerprint density at radius 2 is 2.10 bits per heavy atom. The van der Waals surface area contributed by atoms with E-state index in [1.807, 2.05) is 0 Å². The fourth-order valence-electron chi connectivity index (χ4n) is 4.18. The minimum Gasteiger partial charge on any atom is -0.299 e. The number of carbonyl (C=O) groups is 1. The van der Waals surface area contributed by atoms with E-state index in [0.717, 1.165) is 25.7 Å². The van der Waals surface area contributed by atoms with Gasteiger partial charge in [-0.05, 0) is 68.9 Å². The van der Waals surface area contributed by atoms with Crippen LogP contribution in [-0.2, 0) is 11.2 Å². The molecule has 2 aliphatic rings. The van der Waals surface area contributed by atoms with Gasteiger partial charge in [0.05, 0.1) is 0 Å². The first kappa shape index (κ1) is 13.9. The highest BCUT2D eigenvalue weighted by Gasteiger charge is 2.37. The van der Waals surface area contributed by atoms with Gasteiger partial charge in [0.25, 0.3) is 0 Å². The maximum atomic E-state index is 12.1. The van der Waals surface area contributed by atoms with Crippen LogP contribution in [0.1, 0.15) is 74.5 Å². The highest BCUT2D eigenvalue weighted by Crippen LogP contribution is 2.43. The van der Waals surface area contributed by atoms with Crippen LogP contribution in [0.15, 0.2) is 18.2 Å². The molecule has 0 N–H and O–H groups in total. The van der Waals surface area contributed by atoms with Crippen LogP contribution in [0.5, 0.6) is 0 Å². The Balaban J connectivity index is 1.72. The fraction of sp³-hybridized carbons (Fsp3) is 0.632. The van der Waals surface area contributed by atoms with Crippen molar-refractivity contribution in [2.75, 3.05) is 0 Å². The molecular weight excluding hydrogens is 244 g/mol. The Kier molecular flexibility index (Phi) is 3.70. The van der Waals surface area contributed by atoms with E-state index in [0.29, 0.717) is 11.7 Å². The fourth-order valence-corrected chi connectivity index (χ4v) is 4.18. The van der Waals surface area contributed by atoms with Crippen LogP contribution in [-0.4, -0.2) is 5.78 Å². The molecule has 0 spiro atoms. The maximum Gasteiger partial charge on any atom is 0.138 e. The molecule has 2 aliphatic carbocycles. The summed E-state index contributed by atoms with van der Waals surface area (Å²) in [7, 11) is 0. The molecule has 0 amide bonds. The molecule has 1 aromatic carbocycles. The van der Waals surface area contributed by atoms with Crippen LogP contribution in [0.4, 0.5) is 0 Å². The summed E-state index contributed by atoms with van der Waals surface area (Å²) in [6.07, 6.45) is 9.17. The zero-order valence-electron chi connectivity index (χ0n) is 12.9. The molecule has 2 atom stereocenters. The third kappa shape index (κ3) is 2.55. The second kappa shape index (κ2) is 5.35. The molecule has 0 saturated heterocycles. The summed E-state index contributed by atoms with van der Waals surface area (Å²) in [5.74, 6) is 1.20. The number of carbonyl (C=O) groups excluding carboxylic acids is 1. The van der Waals surface area contributed by atoms with Crippen molar-refractivity contribution in [3.63, 3.8) is 0 Å². The molecular formula is C19H26O. The Labute approximate surface area is 122 Å². The van der Waals surface area contributed by atoms with E-state index in [2.05, 4.69) is 32.0 Å². The van der Waals surface area contributed by atoms with Gasteiger partial charge in [-0.2, -0.15) is 0 Å². The molecule has 1 aromatic rings. The summed E-state index contributed by atoms with van der Waals surface area (Å²) in [6.45, 7) is 4.38. The van der Waals surface area contributed by atoms with Gasteiger partial charge in [0, 0.05) is 11.8 Å². The van der Waals surface area contributed by atoms with Crippen LogP contribution >= 0.6 is 0 Å². The van der Waals surface area contributed by atoms with E-state index in [9.17, 15) is 4.79 Å². The van der Waals surface area contributed by atoms with Gasteiger partial charge in [-0.15, -0.1) is 0 Å². The van der Waals surface area contributed by atoms with Crippen molar-refractivity contribution in [1.82, 2.24) is 0 Å².